The molecule has 2 unspecified atom stereocenters. The molecule has 1 aliphatic rings. The Bertz CT molecular complexity index is 257. The molecule has 0 aromatic rings. The van der Waals surface area contributed by atoms with Crippen molar-refractivity contribution in [2.75, 3.05) is 13.1 Å². The van der Waals surface area contributed by atoms with Gasteiger partial charge in [0.25, 0.3) is 0 Å². The van der Waals surface area contributed by atoms with Crippen LogP contribution in [-0.2, 0) is 4.79 Å². The van der Waals surface area contributed by atoms with E-state index in [0.717, 1.165) is 0 Å². The van der Waals surface area contributed by atoms with Gasteiger partial charge in [0.1, 0.15) is 6.04 Å². The third-order valence-corrected chi connectivity index (χ3v) is 2.68. The molecule has 0 bridgehead atoms. The summed E-state index contributed by atoms with van der Waals surface area (Å²) in [6, 6.07) is -0.911. The third-order valence-electron chi connectivity index (χ3n) is 2.68. The molecule has 94 valence electrons. The highest BCUT2D eigenvalue weighted by molar-refractivity contribution is 5.73. The van der Waals surface area contributed by atoms with E-state index in [0.29, 0.717) is 19.3 Å². The summed E-state index contributed by atoms with van der Waals surface area (Å²) >= 11 is 0. The highest BCUT2D eigenvalue weighted by atomic mass is 19.4. The summed E-state index contributed by atoms with van der Waals surface area (Å²) in [5, 5.41) is 17.7. The van der Waals surface area contributed by atoms with E-state index in [9.17, 15) is 18.0 Å². The second-order valence-corrected chi connectivity index (χ2v) is 3.90. The van der Waals surface area contributed by atoms with Gasteiger partial charge in [-0.05, 0) is 19.4 Å². The number of aliphatic hydroxyl groups is 1. The number of carbonyl (C=O) groups is 1. The highest BCUT2D eigenvalue weighted by Crippen LogP contribution is 2.24. The van der Waals surface area contributed by atoms with Crippen molar-refractivity contribution in [1.29, 1.82) is 0 Å². The molecule has 1 heterocycles. The minimum atomic E-state index is -4.69. The Morgan fingerprint density at radius 3 is 2.56 bits per heavy atom. The average Bonchev–Trinajstić information content (AvgIpc) is 2.16. The number of rotatable bonds is 3. The van der Waals surface area contributed by atoms with Crippen LogP contribution in [0.25, 0.3) is 0 Å². The maximum Gasteiger partial charge on any atom is 0.415 e. The largest absolute Gasteiger partial charge is 0.480 e. The second-order valence-electron chi connectivity index (χ2n) is 3.90. The molecule has 1 fully saturated rings. The van der Waals surface area contributed by atoms with E-state index in [1.807, 2.05) is 0 Å². The summed E-state index contributed by atoms with van der Waals surface area (Å²) in [6.07, 6.45) is -5.49. The van der Waals surface area contributed by atoms with Crippen LogP contribution in [0.2, 0.25) is 0 Å². The second kappa shape index (κ2) is 5.01. The van der Waals surface area contributed by atoms with Crippen LogP contribution in [0.4, 0.5) is 13.2 Å². The molecule has 0 radical (unpaired) electrons. The lowest BCUT2D eigenvalue weighted by Crippen LogP contribution is -2.50. The molecule has 4 nitrogen and oxygen atoms in total. The molecule has 1 saturated heterocycles. The van der Waals surface area contributed by atoms with Crippen molar-refractivity contribution < 1.29 is 28.2 Å². The van der Waals surface area contributed by atoms with Crippen molar-refractivity contribution in [2.45, 2.75) is 37.6 Å². The molecule has 0 aromatic heterocycles. The number of β-amino-alcohol motifs (C(OH)–C–C–N with tert-alkyl or cyclic N) is 1. The van der Waals surface area contributed by atoms with E-state index in [4.69, 9.17) is 10.2 Å². The molecule has 16 heavy (non-hydrogen) atoms. The number of alkyl halides is 3. The van der Waals surface area contributed by atoms with Crippen molar-refractivity contribution in [3.05, 3.63) is 0 Å². The van der Waals surface area contributed by atoms with Crippen LogP contribution in [-0.4, -0.2) is 52.5 Å². The first-order valence-electron chi connectivity index (χ1n) is 5.04. The van der Waals surface area contributed by atoms with Gasteiger partial charge in [-0.15, -0.1) is 0 Å². The molecule has 1 aliphatic heterocycles. The van der Waals surface area contributed by atoms with E-state index in [1.165, 1.54) is 4.90 Å². The number of aliphatic carboxylic acids is 1. The third kappa shape index (κ3) is 3.34. The van der Waals surface area contributed by atoms with Crippen molar-refractivity contribution >= 4 is 5.97 Å². The minimum absolute atomic E-state index is 0.282. The van der Waals surface area contributed by atoms with Gasteiger partial charge in [-0.3, -0.25) is 9.69 Å². The molecule has 0 aromatic carbocycles. The van der Waals surface area contributed by atoms with Gasteiger partial charge in [-0.1, -0.05) is 6.42 Å². The Balaban J connectivity index is 2.59. The number of carboxylic acid groups (broad SMARTS) is 1. The summed E-state index contributed by atoms with van der Waals surface area (Å²) in [6.45, 7) is -0.384. The normalized spacial score (nSPS) is 25.4. The zero-order valence-corrected chi connectivity index (χ0v) is 8.57. The number of likely N-dealkylation sites (tertiary alicyclic amines) is 1. The number of aliphatic hydroxyl groups excluding tert-OH is 1. The van der Waals surface area contributed by atoms with Gasteiger partial charge >= 0.3 is 12.1 Å². The molecule has 0 saturated carbocycles. The van der Waals surface area contributed by atoms with Gasteiger partial charge < -0.3 is 10.2 Å². The van der Waals surface area contributed by atoms with Gasteiger partial charge in [-0.2, -0.15) is 13.2 Å². The summed E-state index contributed by atoms with van der Waals surface area (Å²) in [4.78, 5) is 12.0. The molecule has 0 aliphatic carbocycles. The number of hydrogen-bond acceptors (Lipinski definition) is 3. The molecule has 2 N–H and O–H groups in total. The summed E-state index contributed by atoms with van der Waals surface area (Å²) in [7, 11) is 0. The van der Waals surface area contributed by atoms with Crippen LogP contribution in [0.3, 0.4) is 0 Å². The Morgan fingerprint density at radius 2 is 2.06 bits per heavy atom. The average molecular weight is 241 g/mol. The Morgan fingerprint density at radius 1 is 1.44 bits per heavy atom. The van der Waals surface area contributed by atoms with E-state index in [2.05, 4.69) is 0 Å². The van der Waals surface area contributed by atoms with Gasteiger partial charge in [0.2, 0.25) is 0 Å². The number of nitrogens with zero attached hydrogens (tertiary/aromatic N) is 1. The summed E-state index contributed by atoms with van der Waals surface area (Å²) in [5.74, 6) is -1.13. The zero-order chi connectivity index (χ0) is 12.3. The molecule has 7 heteroatoms. The SMILES string of the molecule is O=C(O)C1CCCCN1CC(O)C(F)(F)F. The molecule has 0 amide bonds. The summed E-state index contributed by atoms with van der Waals surface area (Å²) in [5.41, 5.74) is 0. The predicted octanol–water partition coefficient (Wildman–Crippen LogP) is 0.849. The first kappa shape index (κ1) is 13.2. The molecular formula is C9H14F3NO3. The first-order valence-corrected chi connectivity index (χ1v) is 5.04. The van der Waals surface area contributed by atoms with Crippen molar-refractivity contribution in [1.82, 2.24) is 4.90 Å². The van der Waals surface area contributed by atoms with Crippen LogP contribution < -0.4 is 0 Å². The lowest BCUT2D eigenvalue weighted by atomic mass is 10.0. The predicted molar refractivity (Wildman–Crippen MR) is 48.9 cm³/mol. The lowest BCUT2D eigenvalue weighted by Gasteiger charge is -2.34. The fourth-order valence-electron chi connectivity index (χ4n) is 1.81. The van der Waals surface area contributed by atoms with Gasteiger partial charge in [0, 0.05) is 6.54 Å². The lowest BCUT2D eigenvalue weighted by molar-refractivity contribution is -0.210. The Hall–Kier alpha value is -0.820. The van der Waals surface area contributed by atoms with E-state index < -0.39 is 30.8 Å². The number of halogens is 3. The standard InChI is InChI=1S/C9H14F3NO3/c10-9(11,12)7(14)5-13-4-2-1-3-6(13)8(15)16/h6-7,14H,1-5H2,(H,15,16). The summed E-state index contributed by atoms with van der Waals surface area (Å²) < 4.78 is 36.3. The van der Waals surface area contributed by atoms with Crippen LogP contribution in [0.5, 0.6) is 0 Å². The topological polar surface area (TPSA) is 60.8 Å². The minimum Gasteiger partial charge on any atom is -0.480 e. The van der Waals surface area contributed by atoms with Crippen molar-refractivity contribution in [3.8, 4) is 0 Å². The fraction of sp³-hybridized carbons (Fsp3) is 0.889. The van der Waals surface area contributed by atoms with Crippen molar-refractivity contribution in [2.24, 2.45) is 0 Å². The Labute approximate surface area is 90.7 Å². The van der Waals surface area contributed by atoms with Crippen LogP contribution >= 0.6 is 0 Å². The molecule has 1 rings (SSSR count). The van der Waals surface area contributed by atoms with Crippen molar-refractivity contribution in [3.63, 3.8) is 0 Å². The van der Waals surface area contributed by atoms with Crippen LogP contribution in [0, 0.1) is 0 Å². The molecule has 0 spiro atoms. The van der Waals surface area contributed by atoms with E-state index in [-0.39, 0.29) is 6.54 Å². The number of hydrogen-bond donors (Lipinski definition) is 2. The van der Waals surface area contributed by atoms with Crippen LogP contribution in [0.15, 0.2) is 0 Å². The van der Waals surface area contributed by atoms with Gasteiger partial charge in [0.05, 0.1) is 0 Å². The van der Waals surface area contributed by atoms with E-state index >= 15 is 0 Å². The van der Waals surface area contributed by atoms with Gasteiger partial charge in [-0.25, -0.2) is 0 Å². The number of carboxylic acids is 1. The van der Waals surface area contributed by atoms with Crippen LogP contribution in [0.1, 0.15) is 19.3 Å². The number of piperidine rings is 1. The maximum absolute atomic E-state index is 12.1. The zero-order valence-electron chi connectivity index (χ0n) is 8.57. The molecule has 2 atom stereocenters. The smallest absolute Gasteiger partial charge is 0.415 e. The van der Waals surface area contributed by atoms with E-state index in [1.54, 1.807) is 0 Å². The van der Waals surface area contributed by atoms with Gasteiger partial charge in [0.15, 0.2) is 6.10 Å². The Kier molecular flexibility index (Phi) is 4.15. The molecular weight excluding hydrogens is 227 g/mol. The fourth-order valence-corrected chi connectivity index (χ4v) is 1.81. The maximum atomic E-state index is 12.1. The monoisotopic (exact) mass is 241 g/mol. The first-order chi connectivity index (χ1) is 7.32. The highest BCUT2D eigenvalue weighted by Gasteiger charge is 2.41. The quantitative estimate of drug-likeness (QED) is 0.769.